The summed E-state index contributed by atoms with van der Waals surface area (Å²) in [5.41, 5.74) is 0.841. The van der Waals surface area contributed by atoms with E-state index in [0.29, 0.717) is 17.1 Å². The molecule has 0 atom stereocenters. The smallest absolute Gasteiger partial charge is 0.221 e. The molecule has 0 unspecified atom stereocenters. The van der Waals surface area contributed by atoms with Gasteiger partial charge in [0.05, 0.1) is 5.69 Å². The summed E-state index contributed by atoms with van der Waals surface area (Å²) in [7, 11) is 0. The van der Waals surface area contributed by atoms with Gasteiger partial charge in [-0.2, -0.15) is 5.26 Å². The van der Waals surface area contributed by atoms with Crippen molar-refractivity contribution in [3.05, 3.63) is 45.9 Å². The topological polar surface area (TPSA) is 64.9 Å². The molecular weight excluding hydrogens is 277 g/mol. The van der Waals surface area contributed by atoms with E-state index in [9.17, 15) is 9.18 Å². The molecule has 0 bridgehead atoms. The van der Waals surface area contributed by atoms with Crippen LogP contribution in [-0.4, -0.2) is 5.91 Å². The standard InChI is InChI=1S/C14H12FN3OS/c1-9(19)18-14-6-10(2-5-13(14)15)17-8-12-4-3-11(7-16)20-12/h2-6,17H,8H2,1H3,(H,18,19). The maximum Gasteiger partial charge on any atom is 0.221 e. The summed E-state index contributed by atoms with van der Waals surface area (Å²) in [6, 6.07) is 10.1. The minimum absolute atomic E-state index is 0.145. The molecule has 6 heteroatoms. The lowest BCUT2D eigenvalue weighted by Crippen LogP contribution is -2.08. The van der Waals surface area contributed by atoms with Crippen LogP contribution in [0.25, 0.3) is 0 Å². The number of amides is 1. The van der Waals surface area contributed by atoms with Gasteiger partial charge in [-0.1, -0.05) is 0 Å². The lowest BCUT2D eigenvalue weighted by Gasteiger charge is -2.09. The molecule has 0 radical (unpaired) electrons. The van der Waals surface area contributed by atoms with Gasteiger partial charge < -0.3 is 10.6 Å². The predicted molar refractivity (Wildman–Crippen MR) is 77.1 cm³/mol. The Kier molecular flexibility index (Phi) is 4.33. The van der Waals surface area contributed by atoms with Crippen molar-refractivity contribution in [2.24, 2.45) is 0 Å². The molecule has 2 rings (SSSR count). The lowest BCUT2D eigenvalue weighted by molar-refractivity contribution is -0.114. The number of hydrogen-bond donors (Lipinski definition) is 2. The highest BCUT2D eigenvalue weighted by atomic mass is 32.1. The van der Waals surface area contributed by atoms with E-state index < -0.39 is 5.82 Å². The van der Waals surface area contributed by atoms with Gasteiger partial charge in [0.25, 0.3) is 0 Å². The Bertz CT molecular complexity index is 675. The summed E-state index contributed by atoms with van der Waals surface area (Å²) in [6.07, 6.45) is 0. The van der Waals surface area contributed by atoms with Crippen LogP contribution in [0.2, 0.25) is 0 Å². The van der Waals surface area contributed by atoms with Gasteiger partial charge in [-0.3, -0.25) is 4.79 Å². The Morgan fingerprint density at radius 1 is 1.40 bits per heavy atom. The number of halogens is 1. The van der Waals surface area contributed by atoms with Crippen molar-refractivity contribution in [3.63, 3.8) is 0 Å². The molecule has 2 aromatic rings. The lowest BCUT2D eigenvalue weighted by atomic mass is 10.2. The number of hydrogen-bond acceptors (Lipinski definition) is 4. The van der Waals surface area contributed by atoms with Crippen molar-refractivity contribution in [1.82, 2.24) is 0 Å². The Hall–Kier alpha value is -2.39. The van der Waals surface area contributed by atoms with Crippen molar-refractivity contribution in [1.29, 1.82) is 5.26 Å². The molecule has 0 aliphatic carbocycles. The fourth-order valence-corrected chi connectivity index (χ4v) is 2.39. The Morgan fingerprint density at radius 3 is 2.85 bits per heavy atom. The fourth-order valence-electron chi connectivity index (χ4n) is 1.64. The summed E-state index contributed by atoms with van der Waals surface area (Å²) in [5.74, 6) is -0.799. The summed E-state index contributed by atoms with van der Waals surface area (Å²) in [4.78, 5) is 12.6. The first-order valence-electron chi connectivity index (χ1n) is 5.88. The van der Waals surface area contributed by atoms with Crippen LogP contribution >= 0.6 is 11.3 Å². The summed E-state index contributed by atoms with van der Waals surface area (Å²) >= 11 is 1.40. The van der Waals surface area contributed by atoms with Crippen LogP contribution in [0.15, 0.2) is 30.3 Å². The Balaban J connectivity index is 2.06. The van der Waals surface area contributed by atoms with E-state index >= 15 is 0 Å². The van der Waals surface area contributed by atoms with Gasteiger partial charge in [-0.25, -0.2) is 4.39 Å². The molecule has 1 aromatic heterocycles. The number of carbonyl (C=O) groups is 1. The average Bonchev–Trinajstić information content (AvgIpc) is 2.87. The number of nitrogens with one attached hydrogen (secondary N) is 2. The second kappa shape index (κ2) is 6.17. The van der Waals surface area contributed by atoms with Gasteiger partial charge in [-0.15, -0.1) is 11.3 Å². The second-order valence-electron chi connectivity index (χ2n) is 4.11. The van der Waals surface area contributed by atoms with Crippen molar-refractivity contribution in [2.75, 3.05) is 10.6 Å². The number of thiophene rings is 1. The zero-order valence-electron chi connectivity index (χ0n) is 10.7. The Morgan fingerprint density at radius 2 is 2.20 bits per heavy atom. The number of carbonyl (C=O) groups excluding carboxylic acids is 1. The van der Waals surface area contributed by atoms with Crippen LogP contribution in [-0.2, 0) is 11.3 Å². The number of nitriles is 1. The number of anilines is 2. The number of rotatable bonds is 4. The second-order valence-corrected chi connectivity index (χ2v) is 5.28. The van der Waals surface area contributed by atoms with E-state index in [1.165, 1.54) is 30.4 Å². The number of nitrogens with zero attached hydrogens (tertiary/aromatic N) is 1. The molecular formula is C14H12FN3OS. The zero-order chi connectivity index (χ0) is 14.5. The number of benzene rings is 1. The molecule has 0 saturated heterocycles. The minimum atomic E-state index is -0.478. The van der Waals surface area contributed by atoms with Gasteiger partial charge in [0.15, 0.2) is 0 Å². The van der Waals surface area contributed by atoms with Gasteiger partial charge in [0.2, 0.25) is 5.91 Å². The molecule has 20 heavy (non-hydrogen) atoms. The molecule has 1 amide bonds. The van der Waals surface area contributed by atoms with Crippen LogP contribution < -0.4 is 10.6 Å². The Labute approximate surface area is 119 Å². The van der Waals surface area contributed by atoms with Crippen molar-refractivity contribution in [2.45, 2.75) is 13.5 Å². The molecule has 0 aliphatic heterocycles. The van der Waals surface area contributed by atoms with E-state index in [1.54, 1.807) is 12.1 Å². The molecule has 2 N–H and O–H groups in total. The van der Waals surface area contributed by atoms with E-state index in [-0.39, 0.29) is 11.6 Å². The highest BCUT2D eigenvalue weighted by Gasteiger charge is 2.05. The van der Waals surface area contributed by atoms with E-state index in [1.807, 2.05) is 6.07 Å². The first-order chi connectivity index (χ1) is 9.58. The monoisotopic (exact) mass is 289 g/mol. The highest BCUT2D eigenvalue weighted by Crippen LogP contribution is 2.21. The third-order valence-electron chi connectivity index (χ3n) is 2.52. The molecule has 0 spiro atoms. The summed E-state index contributed by atoms with van der Waals surface area (Å²) in [5, 5.41) is 14.3. The van der Waals surface area contributed by atoms with Gasteiger partial charge in [0.1, 0.15) is 16.8 Å². The predicted octanol–water partition coefficient (Wildman–Crippen LogP) is 3.33. The normalized spacial score (nSPS) is 9.85. The van der Waals surface area contributed by atoms with Gasteiger partial charge >= 0.3 is 0 Å². The quantitative estimate of drug-likeness (QED) is 0.907. The molecule has 0 saturated carbocycles. The fraction of sp³-hybridized carbons (Fsp3) is 0.143. The zero-order valence-corrected chi connectivity index (χ0v) is 11.6. The molecule has 1 aromatic carbocycles. The molecule has 102 valence electrons. The van der Waals surface area contributed by atoms with Crippen LogP contribution in [0.4, 0.5) is 15.8 Å². The third-order valence-corrected chi connectivity index (χ3v) is 3.51. The van der Waals surface area contributed by atoms with Gasteiger partial charge in [-0.05, 0) is 30.3 Å². The highest BCUT2D eigenvalue weighted by molar-refractivity contribution is 7.12. The molecule has 0 aliphatic rings. The maximum absolute atomic E-state index is 13.5. The molecule has 1 heterocycles. The van der Waals surface area contributed by atoms with E-state index in [0.717, 1.165) is 4.88 Å². The minimum Gasteiger partial charge on any atom is -0.380 e. The maximum atomic E-state index is 13.5. The summed E-state index contributed by atoms with van der Waals surface area (Å²) < 4.78 is 13.5. The van der Waals surface area contributed by atoms with Crippen LogP contribution in [0, 0.1) is 17.1 Å². The van der Waals surface area contributed by atoms with Crippen molar-refractivity contribution in [3.8, 4) is 6.07 Å². The van der Waals surface area contributed by atoms with Crippen LogP contribution in [0.1, 0.15) is 16.7 Å². The SMILES string of the molecule is CC(=O)Nc1cc(NCc2ccc(C#N)s2)ccc1F. The van der Waals surface area contributed by atoms with Gasteiger partial charge in [0, 0.05) is 24.0 Å². The van der Waals surface area contributed by atoms with Crippen molar-refractivity contribution < 1.29 is 9.18 Å². The molecule has 4 nitrogen and oxygen atoms in total. The largest absolute Gasteiger partial charge is 0.380 e. The van der Waals surface area contributed by atoms with Crippen molar-refractivity contribution >= 4 is 28.6 Å². The third kappa shape index (κ3) is 3.56. The average molecular weight is 289 g/mol. The first kappa shape index (κ1) is 14.0. The van der Waals surface area contributed by atoms with E-state index in [2.05, 4.69) is 16.7 Å². The molecule has 0 fully saturated rings. The van der Waals surface area contributed by atoms with E-state index in [4.69, 9.17) is 5.26 Å². The summed E-state index contributed by atoms with van der Waals surface area (Å²) in [6.45, 7) is 1.87. The first-order valence-corrected chi connectivity index (χ1v) is 6.70. The van der Waals surface area contributed by atoms with Crippen LogP contribution in [0.3, 0.4) is 0 Å². The van der Waals surface area contributed by atoms with Crippen LogP contribution in [0.5, 0.6) is 0 Å².